The Morgan fingerprint density at radius 3 is 2.68 bits per heavy atom. The van der Waals surface area contributed by atoms with E-state index in [0.717, 1.165) is 19.3 Å². The van der Waals surface area contributed by atoms with Crippen molar-refractivity contribution in [1.82, 2.24) is 0 Å². The molecule has 3 aliphatic heterocycles. The number of hydrogen-bond donors (Lipinski definition) is 1. The molecule has 1 N–H and O–H groups in total. The molecule has 3 heterocycles. The largest absolute Gasteiger partial charge is 0.396 e. The Kier molecular flexibility index (Phi) is 3.41. The van der Waals surface area contributed by atoms with Gasteiger partial charge in [-0.1, -0.05) is 13.8 Å². The van der Waals surface area contributed by atoms with Gasteiger partial charge in [-0.2, -0.15) is 0 Å². The van der Waals surface area contributed by atoms with Crippen LogP contribution in [-0.4, -0.2) is 29.7 Å². The summed E-state index contributed by atoms with van der Waals surface area (Å²) in [5, 5.41) is 9.55. The SMILES string of the molecule is C[C@@H]1CC[C@@H]([C@@H](C)CO)[C@@]23CO[C@@](C)(CCC12)OO3. The summed E-state index contributed by atoms with van der Waals surface area (Å²) in [4.78, 5) is 11.6. The van der Waals surface area contributed by atoms with E-state index in [1.807, 2.05) is 6.92 Å². The third kappa shape index (κ3) is 2.04. The van der Waals surface area contributed by atoms with Crippen LogP contribution in [0.3, 0.4) is 0 Å². The van der Waals surface area contributed by atoms with Crippen LogP contribution in [0.25, 0.3) is 0 Å². The molecule has 1 aliphatic carbocycles. The van der Waals surface area contributed by atoms with Gasteiger partial charge in [0.2, 0.25) is 0 Å². The van der Waals surface area contributed by atoms with Gasteiger partial charge < -0.3 is 9.84 Å². The Morgan fingerprint density at radius 2 is 2.05 bits per heavy atom. The van der Waals surface area contributed by atoms with Crippen molar-refractivity contribution in [2.24, 2.45) is 23.7 Å². The molecule has 3 saturated heterocycles. The standard InChI is InChI=1S/C15H26O4/c1-10-4-5-12(11(2)8-16)15-9-17-14(3,18-19-15)7-6-13(10)15/h10-13,16H,4-9H2,1-3H3/t10-,11+,12+,13?,14-,15+/m1/s1. The normalized spacial score (nSPS) is 51.5. The van der Waals surface area contributed by atoms with Gasteiger partial charge in [0, 0.05) is 13.0 Å². The molecule has 4 aliphatic rings. The molecular weight excluding hydrogens is 244 g/mol. The molecule has 1 unspecified atom stereocenters. The molecule has 19 heavy (non-hydrogen) atoms. The fraction of sp³-hybridized carbons (Fsp3) is 1.00. The maximum atomic E-state index is 9.55. The number of fused-ring (bicyclic) bond motifs is 3. The minimum Gasteiger partial charge on any atom is -0.396 e. The monoisotopic (exact) mass is 270 g/mol. The molecule has 0 aromatic heterocycles. The van der Waals surface area contributed by atoms with Crippen LogP contribution in [0.15, 0.2) is 0 Å². The average Bonchev–Trinajstić information content (AvgIpc) is 2.65. The summed E-state index contributed by atoms with van der Waals surface area (Å²) in [6.07, 6.45) is 4.28. The zero-order chi connectivity index (χ0) is 13.7. The van der Waals surface area contributed by atoms with E-state index in [9.17, 15) is 5.11 Å². The van der Waals surface area contributed by atoms with E-state index in [1.165, 1.54) is 6.42 Å². The fourth-order valence-corrected chi connectivity index (χ4v) is 4.42. The zero-order valence-electron chi connectivity index (χ0n) is 12.2. The van der Waals surface area contributed by atoms with Gasteiger partial charge in [0.25, 0.3) is 0 Å². The van der Waals surface area contributed by atoms with Crippen LogP contribution < -0.4 is 0 Å². The van der Waals surface area contributed by atoms with Crippen LogP contribution in [0.1, 0.15) is 46.5 Å². The first-order chi connectivity index (χ1) is 9.01. The summed E-state index contributed by atoms with van der Waals surface area (Å²) >= 11 is 0. The van der Waals surface area contributed by atoms with Crippen LogP contribution in [0, 0.1) is 23.7 Å². The third-order valence-corrected chi connectivity index (χ3v) is 5.74. The highest BCUT2D eigenvalue weighted by atomic mass is 17.2. The molecule has 0 radical (unpaired) electrons. The fourth-order valence-electron chi connectivity index (χ4n) is 4.42. The summed E-state index contributed by atoms with van der Waals surface area (Å²) in [6, 6.07) is 0. The summed E-state index contributed by atoms with van der Waals surface area (Å²) < 4.78 is 5.99. The lowest BCUT2D eigenvalue weighted by Gasteiger charge is -2.53. The van der Waals surface area contributed by atoms with Gasteiger partial charge in [-0.3, -0.25) is 0 Å². The maximum absolute atomic E-state index is 9.55. The second-order valence-corrected chi connectivity index (χ2v) is 7.01. The lowest BCUT2D eigenvalue weighted by molar-refractivity contribution is -0.517. The Morgan fingerprint density at radius 1 is 1.26 bits per heavy atom. The van der Waals surface area contributed by atoms with E-state index in [0.29, 0.717) is 24.4 Å². The zero-order valence-corrected chi connectivity index (χ0v) is 12.2. The predicted molar refractivity (Wildman–Crippen MR) is 70.1 cm³/mol. The van der Waals surface area contributed by atoms with E-state index >= 15 is 0 Å². The summed E-state index contributed by atoms with van der Waals surface area (Å²) in [6.45, 7) is 7.19. The highest BCUT2D eigenvalue weighted by Gasteiger charge is 2.60. The van der Waals surface area contributed by atoms with Crippen molar-refractivity contribution in [3.8, 4) is 0 Å². The molecular formula is C15H26O4. The van der Waals surface area contributed by atoms with Crippen molar-refractivity contribution < 1.29 is 19.6 Å². The topological polar surface area (TPSA) is 47.9 Å². The van der Waals surface area contributed by atoms with E-state index < -0.39 is 5.79 Å². The molecule has 2 bridgehead atoms. The molecule has 4 nitrogen and oxygen atoms in total. The van der Waals surface area contributed by atoms with Crippen molar-refractivity contribution in [1.29, 1.82) is 0 Å². The summed E-state index contributed by atoms with van der Waals surface area (Å²) in [5.74, 6) is 1.08. The first kappa shape index (κ1) is 13.8. The number of rotatable bonds is 2. The van der Waals surface area contributed by atoms with Gasteiger partial charge in [0.1, 0.15) is 5.60 Å². The van der Waals surface area contributed by atoms with Crippen molar-refractivity contribution >= 4 is 0 Å². The lowest BCUT2D eigenvalue weighted by atomic mass is 9.60. The number of ether oxygens (including phenoxy) is 1. The smallest absolute Gasteiger partial charge is 0.198 e. The van der Waals surface area contributed by atoms with Crippen molar-refractivity contribution in [3.05, 3.63) is 0 Å². The minimum atomic E-state index is -0.574. The van der Waals surface area contributed by atoms with Crippen molar-refractivity contribution in [2.45, 2.75) is 57.8 Å². The highest BCUT2D eigenvalue weighted by Crippen LogP contribution is 2.54. The first-order valence-corrected chi connectivity index (χ1v) is 7.62. The summed E-state index contributed by atoms with van der Waals surface area (Å²) in [7, 11) is 0. The molecule has 1 saturated carbocycles. The second-order valence-electron chi connectivity index (χ2n) is 7.01. The Labute approximate surface area is 115 Å². The molecule has 0 aromatic carbocycles. The minimum absolute atomic E-state index is 0.203. The van der Waals surface area contributed by atoms with Gasteiger partial charge in [0.15, 0.2) is 5.79 Å². The van der Waals surface area contributed by atoms with E-state index in [-0.39, 0.29) is 18.1 Å². The molecule has 4 rings (SSSR count). The third-order valence-electron chi connectivity index (χ3n) is 5.74. The van der Waals surface area contributed by atoms with E-state index in [1.54, 1.807) is 0 Å². The van der Waals surface area contributed by atoms with Crippen molar-refractivity contribution in [2.75, 3.05) is 13.2 Å². The molecule has 0 aromatic rings. The molecule has 4 heteroatoms. The van der Waals surface area contributed by atoms with Crippen LogP contribution in [0.2, 0.25) is 0 Å². The highest BCUT2D eigenvalue weighted by molar-refractivity contribution is 5.04. The average molecular weight is 270 g/mol. The number of hydrogen-bond acceptors (Lipinski definition) is 4. The van der Waals surface area contributed by atoms with Gasteiger partial charge in [-0.25, -0.2) is 9.78 Å². The first-order valence-electron chi connectivity index (χ1n) is 7.62. The predicted octanol–water partition coefficient (Wildman–Crippen LogP) is 2.50. The molecule has 0 amide bonds. The molecule has 110 valence electrons. The summed E-state index contributed by atoms with van der Waals surface area (Å²) in [5.41, 5.74) is -0.351. The Bertz CT molecular complexity index is 327. The molecule has 6 atom stereocenters. The number of aliphatic hydroxyl groups is 1. The van der Waals surface area contributed by atoms with Crippen LogP contribution in [0.5, 0.6) is 0 Å². The Balaban J connectivity index is 1.95. The van der Waals surface area contributed by atoms with E-state index in [4.69, 9.17) is 14.5 Å². The van der Waals surface area contributed by atoms with Crippen molar-refractivity contribution in [3.63, 3.8) is 0 Å². The Hall–Kier alpha value is -0.160. The van der Waals surface area contributed by atoms with Crippen LogP contribution >= 0.6 is 0 Å². The maximum Gasteiger partial charge on any atom is 0.198 e. The number of aliphatic hydroxyl groups excluding tert-OH is 1. The van der Waals surface area contributed by atoms with E-state index in [2.05, 4.69) is 13.8 Å². The van der Waals surface area contributed by atoms with Gasteiger partial charge in [-0.15, -0.1) is 0 Å². The van der Waals surface area contributed by atoms with Crippen LogP contribution in [-0.2, 0) is 14.5 Å². The van der Waals surface area contributed by atoms with Gasteiger partial charge >= 0.3 is 0 Å². The quantitative estimate of drug-likeness (QED) is 0.783. The van der Waals surface area contributed by atoms with Crippen LogP contribution in [0.4, 0.5) is 0 Å². The second kappa shape index (κ2) is 4.69. The molecule has 4 fully saturated rings. The molecule has 1 spiro atoms. The van der Waals surface area contributed by atoms with Gasteiger partial charge in [0.05, 0.1) is 6.61 Å². The van der Waals surface area contributed by atoms with Gasteiger partial charge in [-0.05, 0) is 49.9 Å². The lowest BCUT2D eigenvalue weighted by Crippen LogP contribution is -2.60.